The molecule has 35 heavy (non-hydrogen) atoms. The third kappa shape index (κ3) is 5.45. The lowest BCUT2D eigenvalue weighted by molar-refractivity contribution is -0.143. The number of hydrogen-bond donors (Lipinski definition) is 0. The Morgan fingerprint density at radius 3 is 1.86 bits per heavy atom. The van der Waals surface area contributed by atoms with Gasteiger partial charge in [-0.3, -0.25) is 9.69 Å². The summed E-state index contributed by atoms with van der Waals surface area (Å²) >= 11 is 6.07. The van der Waals surface area contributed by atoms with Crippen molar-refractivity contribution in [2.45, 2.75) is 38.5 Å². The monoisotopic (exact) mass is 514 g/mol. The number of amides is 1. The molecule has 0 saturated carbocycles. The Kier molecular flexibility index (Phi) is 6.96. The van der Waals surface area contributed by atoms with E-state index in [0.29, 0.717) is 17.7 Å². The first kappa shape index (κ1) is 26.5. The lowest BCUT2D eigenvalue weighted by Gasteiger charge is -2.31. The molecular weight excluding hydrogens is 494 g/mol. The molecule has 0 unspecified atom stereocenters. The molecule has 0 N–H and O–H groups in total. The van der Waals surface area contributed by atoms with Gasteiger partial charge in [0.05, 0.1) is 16.5 Å². The van der Waals surface area contributed by atoms with Gasteiger partial charge in [-0.25, -0.2) is 4.98 Å². The van der Waals surface area contributed by atoms with E-state index >= 15 is 0 Å². The van der Waals surface area contributed by atoms with Crippen molar-refractivity contribution in [2.24, 2.45) is 0 Å². The summed E-state index contributed by atoms with van der Waals surface area (Å²) in [6.07, 6.45) is -10.1. The molecule has 0 radical (unpaired) electrons. The maximum atomic E-state index is 13.5. The van der Waals surface area contributed by atoms with E-state index in [9.17, 15) is 31.1 Å². The standard InChI is InChI=1S/C25H21ClF6N2O/c1-14-7-5-6-8-18(14)19-9-10-20(26)33-21(19)34(4)22(35)23(2,3)15-11-16(24(27,28)29)13-17(12-15)25(30,31)32/h5-13H,1-4H3. The Morgan fingerprint density at radius 2 is 1.34 bits per heavy atom. The quantitative estimate of drug-likeness (QED) is 0.264. The van der Waals surface area contributed by atoms with Crippen molar-refractivity contribution in [3.8, 4) is 11.1 Å². The maximum absolute atomic E-state index is 13.5. The number of hydrogen-bond acceptors (Lipinski definition) is 2. The molecule has 0 saturated heterocycles. The maximum Gasteiger partial charge on any atom is 0.416 e. The third-order valence-corrected chi connectivity index (χ3v) is 5.95. The van der Waals surface area contributed by atoms with E-state index < -0.39 is 40.4 Å². The molecule has 0 fully saturated rings. The summed E-state index contributed by atoms with van der Waals surface area (Å²) in [5.74, 6) is -0.651. The Hall–Kier alpha value is -3.07. The summed E-state index contributed by atoms with van der Waals surface area (Å²) in [5, 5.41) is 0.0632. The summed E-state index contributed by atoms with van der Waals surface area (Å²) in [4.78, 5) is 18.9. The number of carbonyl (C=O) groups is 1. The van der Waals surface area contributed by atoms with Crippen molar-refractivity contribution in [2.75, 3.05) is 11.9 Å². The van der Waals surface area contributed by atoms with Crippen LogP contribution in [-0.4, -0.2) is 17.9 Å². The van der Waals surface area contributed by atoms with Crippen LogP contribution in [-0.2, 0) is 22.6 Å². The van der Waals surface area contributed by atoms with Gasteiger partial charge in [0.15, 0.2) is 0 Å². The van der Waals surface area contributed by atoms with Gasteiger partial charge in [-0.2, -0.15) is 26.3 Å². The number of aromatic nitrogens is 1. The molecule has 2 aromatic carbocycles. The van der Waals surface area contributed by atoms with Crippen LogP contribution in [0.5, 0.6) is 0 Å². The highest BCUT2D eigenvalue weighted by molar-refractivity contribution is 6.29. The third-order valence-electron chi connectivity index (χ3n) is 5.74. The predicted molar refractivity (Wildman–Crippen MR) is 122 cm³/mol. The summed E-state index contributed by atoms with van der Waals surface area (Å²) in [6.45, 7) is 4.37. The molecule has 0 aliphatic carbocycles. The SMILES string of the molecule is Cc1ccccc1-c1ccc(Cl)nc1N(C)C(=O)C(C)(C)c1cc(C(F)(F)F)cc(C(F)(F)F)c1. The first-order valence-corrected chi connectivity index (χ1v) is 10.7. The second-order valence-corrected chi connectivity index (χ2v) is 8.99. The molecule has 0 atom stereocenters. The van der Waals surface area contributed by atoms with E-state index in [2.05, 4.69) is 4.98 Å². The van der Waals surface area contributed by atoms with Gasteiger partial charge in [0.25, 0.3) is 0 Å². The van der Waals surface area contributed by atoms with Crippen molar-refractivity contribution in [1.82, 2.24) is 4.98 Å². The summed E-state index contributed by atoms with van der Waals surface area (Å²) in [5.41, 5.74) is -3.06. The molecule has 3 rings (SSSR count). The molecule has 186 valence electrons. The molecule has 0 aliphatic rings. The molecule has 1 amide bonds. The Bertz CT molecular complexity index is 1240. The number of pyridine rings is 1. The van der Waals surface area contributed by atoms with Crippen LogP contribution in [0.4, 0.5) is 32.2 Å². The molecule has 3 nitrogen and oxygen atoms in total. The van der Waals surface area contributed by atoms with Crippen molar-refractivity contribution >= 4 is 23.3 Å². The van der Waals surface area contributed by atoms with Crippen LogP contribution in [0.15, 0.2) is 54.6 Å². The molecule has 1 heterocycles. The lowest BCUT2D eigenvalue weighted by atomic mass is 9.81. The summed E-state index contributed by atoms with van der Waals surface area (Å²) < 4.78 is 80.3. The van der Waals surface area contributed by atoms with E-state index in [1.807, 2.05) is 19.1 Å². The zero-order valence-electron chi connectivity index (χ0n) is 19.1. The fraction of sp³-hybridized carbons (Fsp3) is 0.280. The molecule has 1 aromatic heterocycles. The van der Waals surface area contributed by atoms with E-state index in [0.717, 1.165) is 16.0 Å². The highest BCUT2D eigenvalue weighted by atomic mass is 35.5. The number of benzene rings is 2. The second kappa shape index (κ2) is 9.18. The molecule has 3 aromatic rings. The normalized spacial score (nSPS) is 12.5. The number of nitrogens with zero attached hydrogens (tertiary/aromatic N) is 2. The van der Waals surface area contributed by atoms with Gasteiger partial charge in [0, 0.05) is 12.6 Å². The average molecular weight is 515 g/mol. The van der Waals surface area contributed by atoms with E-state index in [-0.39, 0.29) is 17.0 Å². The number of likely N-dealkylation sites (N-methyl/N-ethyl adjacent to an activating group) is 1. The molecule has 0 aliphatic heterocycles. The number of alkyl halides is 6. The first-order valence-electron chi connectivity index (χ1n) is 10.3. The number of halogens is 7. The molecule has 10 heteroatoms. The fourth-order valence-electron chi connectivity index (χ4n) is 3.72. The van der Waals surface area contributed by atoms with Gasteiger partial charge >= 0.3 is 12.4 Å². The molecule has 0 bridgehead atoms. The van der Waals surface area contributed by atoms with Crippen LogP contribution in [0.3, 0.4) is 0 Å². The van der Waals surface area contributed by atoms with Crippen LogP contribution in [0.2, 0.25) is 5.15 Å². The Labute approximate surface area is 203 Å². The van der Waals surface area contributed by atoms with Crippen molar-refractivity contribution in [1.29, 1.82) is 0 Å². The average Bonchev–Trinajstić information content (AvgIpc) is 2.77. The van der Waals surface area contributed by atoms with Gasteiger partial charge in [0.1, 0.15) is 11.0 Å². The van der Waals surface area contributed by atoms with Crippen LogP contribution in [0.1, 0.15) is 36.1 Å². The van der Waals surface area contributed by atoms with Gasteiger partial charge in [-0.1, -0.05) is 35.9 Å². The molecular formula is C25H21ClF6N2O. The minimum Gasteiger partial charge on any atom is -0.299 e. The van der Waals surface area contributed by atoms with Crippen LogP contribution < -0.4 is 4.90 Å². The number of rotatable bonds is 4. The van der Waals surface area contributed by atoms with Crippen LogP contribution in [0.25, 0.3) is 11.1 Å². The summed E-state index contributed by atoms with van der Waals surface area (Å²) in [7, 11) is 1.35. The first-order chi connectivity index (χ1) is 16.0. The van der Waals surface area contributed by atoms with Gasteiger partial charge in [-0.05, 0) is 67.8 Å². The number of anilines is 1. The smallest absolute Gasteiger partial charge is 0.299 e. The van der Waals surface area contributed by atoms with E-state index in [4.69, 9.17) is 11.6 Å². The lowest BCUT2D eigenvalue weighted by Crippen LogP contribution is -2.42. The molecule has 0 spiro atoms. The fourth-order valence-corrected chi connectivity index (χ4v) is 3.86. The van der Waals surface area contributed by atoms with Crippen LogP contribution in [0, 0.1) is 6.92 Å². The second-order valence-electron chi connectivity index (χ2n) is 8.60. The van der Waals surface area contributed by atoms with Crippen molar-refractivity contribution < 1.29 is 31.1 Å². The highest BCUT2D eigenvalue weighted by Crippen LogP contribution is 2.40. The minimum atomic E-state index is -5.03. The van der Waals surface area contributed by atoms with Gasteiger partial charge < -0.3 is 0 Å². The topological polar surface area (TPSA) is 33.2 Å². The highest BCUT2D eigenvalue weighted by Gasteiger charge is 2.41. The minimum absolute atomic E-state index is 0.0303. The van der Waals surface area contributed by atoms with Gasteiger partial charge in [0.2, 0.25) is 5.91 Å². The summed E-state index contributed by atoms with van der Waals surface area (Å²) in [6, 6.07) is 11.6. The van der Waals surface area contributed by atoms with Crippen molar-refractivity contribution in [3.63, 3.8) is 0 Å². The van der Waals surface area contributed by atoms with Crippen molar-refractivity contribution in [3.05, 3.63) is 82.0 Å². The van der Waals surface area contributed by atoms with E-state index in [1.165, 1.54) is 27.0 Å². The number of carbonyl (C=O) groups excluding carboxylic acids is 1. The zero-order valence-corrected chi connectivity index (χ0v) is 19.9. The predicted octanol–water partition coefficient (Wildman–Crippen LogP) is 7.69. The van der Waals surface area contributed by atoms with E-state index in [1.54, 1.807) is 18.2 Å². The largest absolute Gasteiger partial charge is 0.416 e. The van der Waals surface area contributed by atoms with Crippen LogP contribution >= 0.6 is 11.6 Å². The Balaban J connectivity index is 2.14. The number of aryl methyl sites for hydroxylation is 1. The Morgan fingerprint density at radius 1 is 0.829 bits per heavy atom. The van der Waals surface area contributed by atoms with Gasteiger partial charge in [-0.15, -0.1) is 0 Å². The zero-order chi connectivity index (χ0) is 26.3.